The molecule has 0 aliphatic heterocycles. The standard InChI is InChI=1S/C17H15BrCl2N2O2/c1-10-6-12(18)3-5-15(10)22-17(24)9-21-16(23)8-11-2-4-13(19)14(20)7-11/h2-7H,8-9H2,1H3,(H,21,23)(H,22,24). The molecule has 0 spiro atoms. The van der Waals surface area contributed by atoms with Gasteiger partial charge < -0.3 is 10.6 Å². The van der Waals surface area contributed by atoms with E-state index in [-0.39, 0.29) is 24.8 Å². The topological polar surface area (TPSA) is 58.2 Å². The van der Waals surface area contributed by atoms with E-state index in [1.54, 1.807) is 24.3 Å². The SMILES string of the molecule is Cc1cc(Br)ccc1NC(=O)CNC(=O)Cc1ccc(Cl)c(Cl)c1. The first kappa shape index (κ1) is 18.8. The Kier molecular flexibility index (Phi) is 6.66. The van der Waals surface area contributed by atoms with Crippen LogP contribution < -0.4 is 10.6 Å². The smallest absolute Gasteiger partial charge is 0.243 e. The van der Waals surface area contributed by atoms with Gasteiger partial charge in [-0.15, -0.1) is 0 Å². The first-order valence-electron chi connectivity index (χ1n) is 7.12. The Morgan fingerprint density at radius 2 is 1.79 bits per heavy atom. The molecule has 4 nitrogen and oxygen atoms in total. The summed E-state index contributed by atoms with van der Waals surface area (Å²) < 4.78 is 0.938. The van der Waals surface area contributed by atoms with E-state index in [9.17, 15) is 9.59 Å². The molecule has 24 heavy (non-hydrogen) atoms. The monoisotopic (exact) mass is 428 g/mol. The van der Waals surface area contributed by atoms with Crippen molar-refractivity contribution in [3.63, 3.8) is 0 Å². The van der Waals surface area contributed by atoms with Gasteiger partial charge in [0.1, 0.15) is 0 Å². The molecular weight excluding hydrogens is 415 g/mol. The molecule has 0 fully saturated rings. The normalized spacial score (nSPS) is 10.3. The van der Waals surface area contributed by atoms with Crippen molar-refractivity contribution in [2.45, 2.75) is 13.3 Å². The van der Waals surface area contributed by atoms with Crippen LogP contribution in [0.3, 0.4) is 0 Å². The molecule has 7 heteroatoms. The van der Waals surface area contributed by atoms with Crippen LogP contribution in [0, 0.1) is 6.92 Å². The number of hydrogen-bond acceptors (Lipinski definition) is 2. The number of carbonyl (C=O) groups excluding carboxylic acids is 2. The average molecular weight is 430 g/mol. The van der Waals surface area contributed by atoms with Crippen molar-refractivity contribution in [2.75, 3.05) is 11.9 Å². The summed E-state index contributed by atoms with van der Waals surface area (Å²) in [6, 6.07) is 10.5. The first-order valence-corrected chi connectivity index (χ1v) is 8.66. The van der Waals surface area contributed by atoms with E-state index in [0.717, 1.165) is 15.6 Å². The molecule has 0 bridgehead atoms. The second-order valence-corrected chi connectivity index (χ2v) is 6.94. The summed E-state index contributed by atoms with van der Waals surface area (Å²) in [4.78, 5) is 23.8. The predicted octanol–water partition coefficient (Wildman–Crippen LogP) is 4.36. The third kappa shape index (κ3) is 5.51. The largest absolute Gasteiger partial charge is 0.347 e. The second kappa shape index (κ2) is 8.51. The molecule has 0 aliphatic rings. The molecule has 0 atom stereocenters. The summed E-state index contributed by atoms with van der Waals surface area (Å²) in [6.45, 7) is 1.79. The zero-order chi connectivity index (χ0) is 17.7. The summed E-state index contributed by atoms with van der Waals surface area (Å²) in [6.07, 6.45) is 0.126. The van der Waals surface area contributed by atoms with Crippen LogP contribution in [0.5, 0.6) is 0 Å². The Morgan fingerprint density at radius 1 is 1.04 bits per heavy atom. The van der Waals surface area contributed by atoms with E-state index in [0.29, 0.717) is 15.7 Å². The molecule has 0 radical (unpaired) electrons. The molecule has 0 aromatic heterocycles. The molecule has 2 rings (SSSR count). The van der Waals surface area contributed by atoms with Gasteiger partial charge in [0.2, 0.25) is 11.8 Å². The highest BCUT2D eigenvalue weighted by molar-refractivity contribution is 9.10. The quantitative estimate of drug-likeness (QED) is 0.741. The number of aryl methyl sites for hydroxylation is 1. The summed E-state index contributed by atoms with van der Waals surface area (Å²) in [7, 11) is 0. The number of rotatable bonds is 5. The Hall–Kier alpha value is -1.56. The Morgan fingerprint density at radius 3 is 2.46 bits per heavy atom. The highest BCUT2D eigenvalue weighted by Gasteiger charge is 2.09. The maximum atomic E-state index is 11.9. The third-order valence-corrected chi connectivity index (χ3v) is 4.49. The van der Waals surface area contributed by atoms with Crippen molar-refractivity contribution < 1.29 is 9.59 Å². The third-order valence-electron chi connectivity index (χ3n) is 3.26. The number of carbonyl (C=O) groups is 2. The van der Waals surface area contributed by atoms with Crippen LogP contribution >= 0.6 is 39.1 Å². The van der Waals surface area contributed by atoms with Gasteiger partial charge in [-0.2, -0.15) is 0 Å². The van der Waals surface area contributed by atoms with Crippen LogP contribution in [0.1, 0.15) is 11.1 Å². The lowest BCUT2D eigenvalue weighted by molar-refractivity contribution is -0.123. The van der Waals surface area contributed by atoms with Crippen molar-refractivity contribution in [3.8, 4) is 0 Å². The molecule has 2 aromatic carbocycles. The fraction of sp³-hybridized carbons (Fsp3) is 0.176. The van der Waals surface area contributed by atoms with Crippen molar-refractivity contribution in [2.24, 2.45) is 0 Å². The van der Waals surface area contributed by atoms with Crippen molar-refractivity contribution in [1.29, 1.82) is 0 Å². The Bertz CT molecular complexity index is 781. The van der Waals surface area contributed by atoms with E-state index in [4.69, 9.17) is 23.2 Å². The molecule has 2 aromatic rings. The van der Waals surface area contributed by atoms with E-state index >= 15 is 0 Å². The molecule has 0 aliphatic carbocycles. The number of benzene rings is 2. The lowest BCUT2D eigenvalue weighted by atomic mass is 10.1. The molecule has 0 saturated carbocycles. The van der Waals surface area contributed by atoms with Crippen molar-refractivity contribution >= 4 is 56.6 Å². The minimum atomic E-state index is -0.289. The van der Waals surface area contributed by atoms with Crippen LogP contribution in [-0.2, 0) is 16.0 Å². The van der Waals surface area contributed by atoms with Gasteiger partial charge in [-0.3, -0.25) is 9.59 Å². The zero-order valence-corrected chi connectivity index (χ0v) is 15.9. The van der Waals surface area contributed by atoms with Gasteiger partial charge >= 0.3 is 0 Å². The van der Waals surface area contributed by atoms with Gasteiger partial charge in [0.15, 0.2) is 0 Å². The minimum absolute atomic E-state index is 0.102. The maximum Gasteiger partial charge on any atom is 0.243 e. The van der Waals surface area contributed by atoms with Crippen LogP contribution in [0.4, 0.5) is 5.69 Å². The maximum absolute atomic E-state index is 11.9. The van der Waals surface area contributed by atoms with Gasteiger partial charge in [-0.25, -0.2) is 0 Å². The average Bonchev–Trinajstić information content (AvgIpc) is 2.52. The van der Waals surface area contributed by atoms with Gasteiger partial charge in [-0.05, 0) is 48.4 Å². The number of hydrogen-bond donors (Lipinski definition) is 2. The van der Waals surface area contributed by atoms with E-state index < -0.39 is 0 Å². The highest BCUT2D eigenvalue weighted by Crippen LogP contribution is 2.23. The van der Waals surface area contributed by atoms with Gasteiger partial charge in [0.05, 0.1) is 23.0 Å². The minimum Gasteiger partial charge on any atom is -0.347 e. The molecular formula is C17H15BrCl2N2O2. The number of anilines is 1. The molecule has 2 amide bonds. The van der Waals surface area contributed by atoms with Gasteiger partial charge in [0.25, 0.3) is 0 Å². The van der Waals surface area contributed by atoms with E-state index in [1.807, 2.05) is 19.1 Å². The predicted molar refractivity (Wildman–Crippen MR) is 101 cm³/mol. The molecule has 0 saturated heterocycles. The summed E-state index contributed by atoms with van der Waals surface area (Å²) >= 11 is 15.1. The van der Waals surface area contributed by atoms with Crippen molar-refractivity contribution in [3.05, 3.63) is 62.0 Å². The first-order chi connectivity index (χ1) is 11.3. The van der Waals surface area contributed by atoms with Crippen LogP contribution in [0.2, 0.25) is 10.0 Å². The fourth-order valence-corrected chi connectivity index (χ4v) is 2.83. The second-order valence-electron chi connectivity index (χ2n) is 5.21. The fourth-order valence-electron chi connectivity index (χ4n) is 2.04. The summed E-state index contributed by atoms with van der Waals surface area (Å²) in [5.41, 5.74) is 2.37. The number of nitrogens with one attached hydrogen (secondary N) is 2. The molecule has 126 valence electrons. The van der Waals surface area contributed by atoms with Crippen molar-refractivity contribution in [1.82, 2.24) is 5.32 Å². The van der Waals surface area contributed by atoms with E-state index in [2.05, 4.69) is 26.6 Å². The van der Waals surface area contributed by atoms with Gasteiger partial charge in [0, 0.05) is 10.2 Å². The van der Waals surface area contributed by atoms with Crippen LogP contribution in [0.15, 0.2) is 40.9 Å². The Labute approximate surface area is 158 Å². The molecule has 2 N–H and O–H groups in total. The van der Waals surface area contributed by atoms with Crippen LogP contribution in [0.25, 0.3) is 0 Å². The zero-order valence-electron chi connectivity index (χ0n) is 12.8. The van der Waals surface area contributed by atoms with Crippen LogP contribution in [-0.4, -0.2) is 18.4 Å². The molecule has 0 unspecified atom stereocenters. The summed E-state index contributed by atoms with van der Waals surface area (Å²) in [5, 5.41) is 6.17. The van der Waals surface area contributed by atoms with Gasteiger partial charge in [-0.1, -0.05) is 45.2 Å². The lowest BCUT2D eigenvalue weighted by Gasteiger charge is -2.10. The summed E-state index contributed by atoms with van der Waals surface area (Å²) in [5.74, 6) is -0.557. The number of amides is 2. The number of halogens is 3. The van der Waals surface area contributed by atoms with E-state index in [1.165, 1.54) is 0 Å². The molecule has 0 heterocycles. The highest BCUT2D eigenvalue weighted by atomic mass is 79.9. The Balaban J connectivity index is 1.84. The lowest BCUT2D eigenvalue weighted by Crippen LogP contribution is -2.33.